The van der Waals surface area contributed by atoms with Crippen molar-refractivity contribution in [2.75, 3.05) is 49.6 Å². The van der Waals surface area contributed by atoms with Crippen LogP contribution >= 0.6 is 0 Å². The van der Waals surface area contributed by atoms with Crippen molar-refractivity contribution in [3.05, 3.63) is 36.5 Å². The number of hydrogen-bond donors (Lipinski definition) is 0. The molecule has 2 aromatic heterocycles. The van der Waals surface area contributed by atoms with Gasteiger partial charge in [-0.3, -0.25) is 4.79 Å². The Morgan fingerprint density at radius 1 is 1.04 bits per heavy atom. The van der Waals surface area contributed by atoms with Crippen molar-refractivity contribution in [1.82, 2.24) is 24.8 Å². The predicted molar refractivity (Wildman–Crippen MR) is 100 cm³/mol. The van der Waals surface area contributed by atoms with E-state index >= 15 is 0 Å². The first-order valence-electron chi connectivity index (χ1n) is 9.03. The van der Waals surface area contributed by atoms with Gasteiger partial charge in [-0.1, -0.05) is 13.3 Å². The summed E-state index contributed by atoms with van der Waals surface area (Å²) in [6, 6.07) is 1.82. The van der Waals surface area contributed by atoms with E-state index in [1.54, 1.807) is 36.7 Å². The quantitative estimate of drug-likeness (QED) is 0.776. The maximum Gasteiger partial charge on any atom is 0.273 e. The average molecular weight is 355 g/mol. The van der Waals surface area contributed by atoms with Crippen LogP contribution in [0.4, 0.5) is 11.8 Å². The number of anilines is 2. The Labute approximate surface area is 153 Å². The largest absolute Gasteiger partial charge is 0.352 e. The van der Waals surface area contributed by atoms with E-state index in [1.165, 1.54) is 0 Å². The van der Waals surface area contributed by atoms with Crippen LogP contribution in [0.25, 0.3) is 0 Å². The van der Waals surface area contributed by atoms with Gasteiger partial charge in [0.05, 0.1) is 12.4 Å². The molecule has 0 N–H and O–H groups in total. The fraction of sp³-hybridized carbons (Fsp3) is 0.500. The van der Waals surface area contributed by atoms with E-state index in [9.17, 15) is 4.79 Å². The van der Waals surface area contributed by atoms with Gasteiger partial charge in [0.25, 0.3) is 5.91 Å². The van der Waals surface area contributed by atoms with Gasteiger partial charge in [-0.25, -0.2) is 19.9 Å². The topological polar surface area (TPSA) is 78.4 Å². The van der Waals surface area contributed by atoms with Crippen LogP contribution in [-0.4, -0.2) is 70.5 Å². The lowest BCUT2D eigenvalue weighted by atomic mass is 10.3. The molecule has 0 aliphatic carbocycles. The molecule has 1 fully saturated rings. The van der Waals surface area contributed by atoms with Gasteiger partial charge in [-0.2, -0.15) is 0 Å². The number of piperazine rings is 1. The van der Waals surface area contributed by atoms with Crippen LogP contribution in [0.2, 0.25) is 0 Å². The number of carbonyl (C=O) groups excluding carboxylic acids is 1. The molecule has 2 aromatic rings. The molecule has 3 rings (SSSR count). The summed E-state index contributed by atoms with van der Waals surface area (Å²) in [5, 5.41) is 0. The van der Waals surface area contributed by atoms with Crippen molar-refractivity contribution < 1.29 is 4.79 Å². The standard InChI is InChI=1S/C18H25N7O/c1-3-4-8-23(2)17(26)15-13-22-16(14-21-15)24-9-11-25(12-10-24)18-19-6-5-7-20-18/h5-7,13-14H,3-4,8-12H2,1-2H3. The van der Waals surface area contributed by atoms with Crippen LogP contribution in [0.1, 0.15) is 30.3 Å². The molecule has 0 saturated carbocycles. The van der Waals surface area contributed by atoms with E-state index in [1.807, 2.05) is 6.07 Å². The molecule has 1 aliphatic heterocycles. The van der Waals surface area contributed by atoms with Gasteiger partial charge in [0, 0.05) is 52.2 Å². The van der Waals surface area contributed by atoms with Gasteiger partial charge in [0.2, 0.25) is 5.95 Å². The zero-order valence-electron chi connectivity index (χ0n) is 15.4. The number of aromatic nitrogens is 4. The Bertz CT molecular complexity index is 699. The second kappa shape index (κ2) is 8.55. The summed E-state index contributed by atoms with van der Waals surface area (Å²) >= 11 is 0. The third kappa shape index (κ3) is 4.25. The fourth-order valence-electron chi connectivity index (χ4n) is 2.88. The molecule has 0 spiro atoms. The van der Waals surface area contributed by atoms with Crippen LogP contribution in [0.5, 0.6) is 0 Å². The molecule has 0 radical (unpaired) electrons. The summed E-state index contributed by atoms with van der Waals surface area (Å²) in [6.07, 6.45) is 8.83. The molecule has 26 heavy (non-hydrogen) atoms. The zero-order chi connectivity index (χ0) is 18.4. The van der Waals surface area contributed by atoms with Crippen LogP contribution in [0.15, 0.2) is 30.9 Å². The minimum Gasteiger partial charge on any atom is -0.352 e. The maximum atomic E-state index is 12.3. The SMILES string of the molecule is CCCCN(C)C(=O)c1cnc(N2CCN(c3ncccn3)CC2)cn1. The molecular formula is C18H25N7O. The highest BCUT2D eigenvalue weighted by Crippen LogP contribution is 2.15. The highest BCUT2D eigenvalue weighted by Gasteiger charge is 2.20. The smallest absolute Gasteiger partial charge is 0.273 e. The lowest BCUT2D eigenvalue weighted by Crippen LogP contribution is -2.47. The molecular weight excluding hydrogens is 330 g/mol. The Balaban J connectivity index is 1.57. The van der Waals surface area contributed by atoms with Gasteiger partial charge in [-0.05, 0) is 12.5 Å². The summed E-state index contributed by atoms with van der Waals surface area (Å²) < 4.78 is 0. The number of nitrogens with zero attached hydrogens (tertiary/aromatic N) is 7. The van der Waals surface area contributed by atoms with E-state index in [0.29, 0.717) is 5.69 Å². The Kier molecular flexibility index (Phi) is 5.93. The summed E-state index contributed by atoms with van der Waals surface area (Å²) in [5.74, 6) is 1.48. The molecule has 8 nitrogen and oxygen atoms in total. The van der Waals surface area contributed by atoms with E-state index in [-0.39, 0.29) is 5.91 Å². The number of amides is 1. The lowest BCUT2D eigenvalue weighted by molar-refractivity contribution is 0.0787. The van der Waals surface area contributed by atoms with Crippen molar-refractivity contribution >= 4 is 17.7 Å². The van der Waals surface area contributed by atoms with Crippen molar-refractivity contribution in [1.29, 1.82) is 0 Å². The first-order valence-corrected chi connectivity index (χ1v) is 9.03. The molecule has 1 saturated heterocycles. The minimum absolute atomic E-state index is 0.0801. The van der Waals surface area contributed by atoms with E-state index < -0.39 is 0 Å². The normalized spacial score (nSPS) is 14.4. The molecule has 3 heterocycles. The molecule has 138 valence electrons. The van der Waals surface area contributed by atoms with Crippen LogP contribution in [0.3, 0.4) is 0 Å². The molecule has 0 atom stereocenters. The van der Waals surface area contributed by atoms with Gasteiger partial charge < -0.3 is 14.7 Å². The molecule has 0 aromatic carbocycles. The monoisotopic (exact) mass is 355 g/mol. The lowest BCUT2D eigenvalue weighted by Gasteiger charge is -2.35. The second-order valence-electron chi connectivity index (χ2n) is 6.36. The van der Waals surface area contributed by atoms with Gasteiger partial charge in [0.15, 0.2) is 0 Å². The summed E-state index contributed by atoms with van der Waals surface area (Å²) in [6.45, 7) is 6.13. The molecule has 0 bridgehead atoms. The van der Waals surface area contributed by atoms with Crippen LogP contribution < -0.4 is 9.80 Å². The number of rotatable bonds is 6. The third-order valence-electron chi connectivity index (χ3n) is 4.49. The zero-order valence-corrected chi connectivity index (χ0v) is 15.4. The third-order valence-corrected chi connectivity index (χ3v) is 4.49. The molecule has 1 amide bonds. The Morgan fingerprint density at radius 3 is 2.35 bits per heavy atom. The first-order chi connectivity index (χ1) is 12.7. The summed E-state index contributed by atoms with van der Waals surface area (Å²) in [7, 11) is 1.80. The van der Waals surface area contributed by atoms with Gasteiger partial charge in [0.1, 0.15) is 11.5 Å². The van der Waals surface area contributed by atoms with Gasteiger partial charge in [-0.15, -0.1) is 0 Å². The second-order valence-corrected chi connectivity index (χ2v) is 6.36. The molecule has 0 unspecified atom stereocenters. The van der Waals surface area contributed by atoms with Crippen molar-refractivity contribution in [3.63, 3.8) is 0 Å². The highest BCUT2D eigenvalue weighted by molar-refractivity contribution is 5.91. The van der Waals surface area contributed by atoms with Crippen molar-refractivity contribution in [2.24, 2.45) is 0 Å². The van der Waals surface area contributed by atoms with E-state index in [4.69, 9.17) is 0 Å². The highest BCUT2D eigenvalue weighted by atomic mass is 16.2. The van der Waals surface area contributed by atoms with Crippen LogP contribution in [-0.2, 0) is 0 Å². The van der Waals surface area contributed by atoms with E-state index in [2.05, 4.69) is 36.7 Å². The summed E-state index contributed by atoms with van der Waals surface area (Å²) in [5.41, 5.74) is 0.392. The van der Waals surface area contributed by atoms with E-state index in [0.717, 1.165) is 57.3 Å². The molecule has 1 aliphatic rings. The maximum absolute atomic E-state index is 12.3. The number of hydrogen-bond acceptors (Lipinski definition) is 7. The van der Waals surface area contributed by atoms with Crippen LogP contribution in [0, 0.1) is 0 Å². The first kappa shape index (κ1) is 18.0. The van der Waals surface area contributed by atoms with Crippen molar-refractivity contribution in [3.8, 4) is 0 Å². The number of unbranched alkanes of at least 4 members (excludes halogenated alkanes) is 1. The predicted octanol–water partition coefficient (Wildman–Crippen LogP) is 1.47. The molecule has 8 heteroatoms. The minimum atomic E-state index is -0.0801. The Morgan fingerprint density at radius 2 is 1.73 bits per heavy atom. The number of carbonyl (C=O) groups is 1. The Hall–Kier alpha value is -2.77. The summed E-state index contributed by atoms with van der Waals surface area (Å²) in [4.78, 5) is 35.7. The van der Waals surface area contributed by atoms with Crippen molar-refractivity contribution in [2.45, 2.75) is 19.8 Å². The average Bonchev–Trinajstić information content (AvgIpc) is 2.72. The fourth-order valence-corrected chi connectivity index (χ4v) is 2.88. The van der Waals surface area contributed by atoms with Gasteiger partial charge >= 0.3 is 0 Å².